The summed E-state index contributed by atoms with van der Waals surface area (Å²) < 4.78 is 2.09. The topological polar surface area (TPSA) is 43.3 Å². The Bertz CT molecular complexity index is 511. The van der Waals surface area contributed by atoms with Crippen LogP contribution in [0.4, 0.5) is 0 Å². The van der Waals surface area contributed by atoms with Crippen molar-refractivity contribution in [1.82, 2.24) is 9.38 Å². The number of hydrogen-bond acceptors (Lipinski definition) is 3. The molecule has 1 saturated carbocycles. The van der Waals surface area contributed by atoms with E-state index in [2.05, 4.69) is 41.0 Å². The maximum absolute atomic E-state index is 6.43. The first-order chi connectivity index (χ1) is 8.56. The van der Waals surface area contributed by atoms with Crippen LogP contribution in [0.1, 0.15) is 38.8 Å². The number of aromatic nitrogens is 2. The molecular formula is C14H21N3S. The molecule has 2 aromatic rings. The zero-order valence-corrected chi connectivity index (χ0v) is 11.9. The van der Waals surface area contributed by atoms with Crippen LogP contribution in [0.15, 0.2) is 17.8 Å². The summed E-state index contributed by atoms with van der Waals surface area (Å²) in [5, 5.41) is 2.06. The SMILES string of the molecule is CC1(C)CCCC1C(N)Cc1cn2ccsc2n1. The molecule has 18 heavy (non-hydrogen) atoms. The molecule has 1 aliphatic rings. The molecular weight excluding hydrogens is 242 g/mol. The van der Waals surface area contributed by atoms with E-state index >= 15 is 0 Å². The summed E-state index contributed by atoms with van der Waals surface area (Å²) in [7, 11) is 0. The van der Waals surface area contributed by atoms with Crippen LogP contribution >= 0.6 is 11.3 Å². The highest BCUT2D eigenvalue weighted by Crippen LogP contribution is 2.44. The highest BCUT2D eigenvalue weighted by molar-refractivity contribution is 7.15. The second-order valence-corrected chi connectivity index (χ2v) is 7.05. The lowest BCUT2D eigenvalue weighted by atomic mass is 9.76. The van der Waals surface area contributed by atoms with Gasteiger partial charge in [0, 0.05) is 30.2 Å². The highest BCUT2D eigenvalue weighted by atomic mass is 32.1. The van der Waals surface area contributed by atoms with Gasteiger partial charge in [-0.1, -0.05) is 20.3 Å². The molecule has 2 atom stereocenters. The van der Waals surface area contributed by atoms with Gasteiger partial charge < -0.3 is 5.73 Å². The number of rotatable bonds is 3. The number of nitrogens with two attached hydrogens (primary N) is 1. The largest absolute Gasteiger partial charge is 0.327 e. The van der Waals surface area contributed by atoms with Gasteiger partial charge in [-0.05, 0) is 24.2 Å². The molecule has 0 saturated heterocycles. The summed E-state index contributed by atoms with van der Waals surface area (Å²) in [6.45, 7) is 4.71. The van der Waals surface area contributed by atoms with Crippen molar-refractivity contribution < 1.29 is 0 Å². The van der Waals surface area contributed by atoms with E-state index in [-0.39, 0.29) is 6.04 Å². The number of hydrogen-bond donors (Lipinski definition) is 1. The second kappa shape index (κ2) is 4.35. The smallest absolute Gasteiger partial charge is 0.193 e. The third kappa shape index (κ3) is 2.08. The molecule has 2 heterocycles. The average Bonchev–Trinajstić information content (AvgIpc) is 2.91. The summed E-state index contributed by atoms with van der Waals surface area (Å²) in [4.78, 5) is 5.71. The van der Waals surface area contributed by atoms with Gasteiger partial charge in [0.2, 0.25) is 0 Å². The molecule has 0 aliphatic heterocycles. The Morgan fingerprint density at radius 1 is 1.61 bits per heavy atom. The van der Waals surface area contributed by atoms with Crippen LogP contribution < -0.4 is 5.73 Å². The molecule has 0 amide bonds. The monoisotopic (exact) mass is 263 g/mol. The minimum atomic E-state index is 0.243. The van der Waals surface area contributed by atoms with Gasteiger partial charge in [-0.15, -0.1) is 11.3 Å². The lowest BCUT2D eigenvalue weighted by Crippen LogP contribution is -2.38. The van der Waals surface area contributed by atoms with Crippen molar-refractivity contribution in [2.24, 2.45) is 17.1 Å². The summed E-state index contributed by atoms with van der Waals surface area (Å²) in [5.41, 5.74) is 7.97. The second-order valence-electron chi connectivity index (χ2n) is 6.18. The van der Waals surface area contributed by atoms with Crippen molar-refractivity contribution in [2.45, 2.75) is 45.6 Å². The first-order valence-corrected chi connectivity index (χ1v) is 7.61. The zero-order valence-electron chi connectivity index (χ0n) is 11.1. The average molecular weight is 263 g/mol. The third-order valence-corrected chi connectivity index (χ3v) is 5.22. The number of fused-ring (bicyclic) bond motifs is 1. The molecule has 2 aromatic heterocycles. The first-order valence-electron chi connectivity index (χ1n) is 6.73. The van der Waals surface area contributed by atoms with Gasteiger partial charge in [-0.2, -0.15) is 0 Å². The Balaban J connectivity index is 1.74. The normalized spacial score (nSPS) is 24.7. The molecule has 3 nitrogen and oxygen atoms in total. The van der Waals surface area contributed by atoms with Gasteiger partial charge in [-0.3, -0.25) is 4.40 Å². The molecule has 3 rings (SSSR count). The van der Waals surface area contributed by atoms with E-state index in [1.54, 1.807) is 11.3 Å². The van der Waals surface area contributed by atoms with E-state index in [9.17, 15) is 0 Å². The van der Waals surface area contributed by atoms with Gasteiger partial charge in [-0.25, -0.2) is 4.98 Å². The number of nitrogens with zero attached hydrogens (tertiary/aromatic N) is 2. The summed E-state index contributed by atoms with van der Waals surface area (Å²) in [6.07, 6.45) is 8.99. The predicted octanol–water partition coefficient (Wildman–Crippen LogP) is 3.09. The van der Waals surface area contributed by atoms with Gasteiger partial charge in [0.05, 0.1) is 5.69 Å². The Kier molecular flexibility index (Phi) is 2.94. The first kappa shape index (κ1) is 12.2. The standard InChI is InChI=1S/C14H21N3S/c1-14(2)5-3-4-11(14)12(15)8-10-9-17-6-7-18-13(17)16-10/h6-7,9,11-12H,3-5,8,15H2,1-2H3. The molecule has 1 fully saturated rings. The summed E-state index contributed by atoms with van der Waals surface area (Å²) in [5.74, 6) is 0.636. The predicted molar refractivity (Wildman–Crippen MR) is 75.9 cm³/mol. The van der Waals surface area contributed by atoms with Crippen LogP contribution in [-0.4, -0.2) is 15.4 Å². The summed E-state index contributed by atoms with van der Waals surface area (Å²) >= 11 is 1.68. The lowest BCUT2D eigenvalue weighted by molar-refractivity contribution is 0.219. The third-order valence-electron chi connectivity index (χ3n) is 4.44. The molecule has 0 bridgehead atoms. The van der Waals surface area contributed by atoms with Crippen molar-refractivity contribution in [1.29, 1.82) is 0 Å². The molecule has 2 unspecified atom stereocenters. The van der Waals surface area contributed by atoms with E-state index < -0.39 is 0 Å². The Morgan fingerprint density at radius 3 is 3.11 bits per heavy atom. The molecule has 0 radical (unpaired) electrons. The molecule has 98 valence electrons. The van der Waals surface area contributed by atoms with E-state index in [0.717, 1.165) is 17.1 Å². The van der Waals surface area contributed by atoms with Crippen molar-refractivity contribution in [3.05, 3.63) is 23.5 Å². The number of thiazole rings is 1. The van der Waals surface area contributed by atoms with E-state index in [1.165, 1.54) is 19.3 Å². The lowest BCUT2D eigenvalue weighted by Gasteiger charge is -2.31. The van der Waals surface area contributed by atoms with Crippen LogP contribution in [-0.2, 0) is 6.42 Å². The van der Waals surface area contributed by atoms with Gasteiger partial charge in [0.25, 0.3) is 0 Å². The van der Waals surface area contributed by atoms with Crippen LogP contribution in [0.3, 0.4) is 0 Å². The van der Waals surface area contributed by atoms with E-state index in [1.807, 2.05) is 0 Å². The molecule has 0 aromatic carbocycles. The van der Waals surface area contributed by atoms with Gasteiger partial charge in [0.1, 0.15) is 0 Å². The summed E-state index contributed by atoms with van der Waals surface area (Å²) in [6, 6.07) is 0.243. The van der Waals surface area contributed by atoms with Crippen molar-refractivity contribution in [2.75, 3.05) is 0 Å². The minimum Gasteiger partial charge on any atom is -0.327 e. The fourth-order valence-corrected chi connectivity index (χ4v) is 4.12. The highest BCUT2D eigenvalue weighted by Gasteiger charge is 2.38. The van der Waals surface area contributed by atoms with Crippen molar-refractivity contribution in [3.63, 3.8) is 0 Å². The van der Waals surface area contributed by atoms with Crippen LogP contribution in [0.25, 0.3) is 4.96 Å². The quantitative estimate of drug-likeness (QED) is 0.924. The van der Waals surface area contributed by atoms with Crippen LogP contribution in [0.5, 0.6) is 0 Å². The fraction of sp³-hybridized carbons (Fsp3) is 0.643. The molecule has 0 spiro atoms. The van der Waals surface area contributed by atoms with Gasteiger partial charge in [0.15, 0.2) is 4.96 Å². The van der Waals surface area contributed by atoms with Crippen LogP contribution in [0, 0.1) is 11.3 Å². The molecule has 2 N–H and O–H groups in total. The molecule has 4 heteroatoms. The van der Waals surface area contributed by atoms with Crippen molar-refractivity contribution in [3.8, 4) is 0 Å². The maximum Gasteiger partial charge on any atom is 0.193 e. The van der Waals surface area contributed by atoms with E-state index in [4.69, 9.17) is 5.73 Å². The van der Waals surface area contributed by atoms with Gasteiger partial charge >= 0.3 is 0 Å². The maximum atomic E-state index is 6.43. The Labute approximate surface area is 112 Å². The molecule has 1 aliphatic carbocycles. The Morgan fingerprint density at radius 2 is 2.44 bits per heavy atom. The number of imidazole rings is 1. The Hall–Kier alpha value is -0.870. The van der Waals surface area contributed by atoms with Crippen LogP contribution in [0.2, 0.25) is 0 Å². The van der Waals surface area contributed by atoms with Crippen molar-refractivity contribution >= 4 is 16.3 Å². The van der Waals surface area contributed by atoms with E-state index in [0.29, 0.717) is 11.3 Å². The fourth-order valence-electron chi connectivity index (χ4n) is 3.41. The minimum absolute atomic E-state index is 0.243. The zero-order chi connectivity index (χ0) is 12.8.